The number of carboxylic acid groups (broad SMARTS) is 2. The summed E-state index contributed by atoms with van der Waals surface area (Å²) in [5, 5.41) is 20.7. The smallest absolute Gasteiger partial charge is 0.158 e. The van der Waals surface area contributed by atoms with Crippen LogP contribution in [0.15, 0.2) is 48.5 Å². The van der Waals surface area contributed by atoms with Crippen molar-refractivity contribution in [1.82, 2.24) is 0 Å². The molecule has 0 aliphatic heterocycles. The van der Waals surface area contributed by atoms with Crippen molar-refractivity contribution in [2.24, 2.45) is 0 Å². The lowest BCUT2D eigenvalue weighted by Gasteiger charge is -2.09. The van der Waals surface area contributed by atoms with Crippen LogP contribution in [0.25, 0.3) is 0 Å². The van der Waals surface area contributed by atoms with Gasteiger partial charge in [0.15, 0.2) is 9.84 Å². The van der Waals surface area contributed by atoms with Gasteiger partial charge in [-0.15, -0.1) is 0 Å². The Morgan fingerprint density at radius 1 is 0.704 bits per heavy atom. The van der Waals surface area contributed by atoms with E-state index in [1.54, 1.807) is 24.3 Å². The molecule has 0 aliphatic rings. The molecule has 8 nitrogen and oxygen atoms in total. The molecule has 0 aromatic heterocycles. The third-order valence-electron chi connectivity index (χ3n) is 3.33. The van der Waals surface area contributed by atoms with Gasteiger partial charge in [0.05, 0.1) is 23.4 Å². The minimum Gasteiger partial charge on any atom is -0.546 e. The van der Waals surface area contributed by atoms with Crippen molar-refractivity contribution in [1.29, 1.82) is 0 Å². The molecule has 2 aromatic carbocycles. The van der Waals surface area contributed by atoms with Crippen molar-refractivity contribution < 1.29 is 37.7 Å². The summed E-state index contributed by atoms with van der Waals surface area (Å²) in [7, 11) is -3.45. The number of carbonyl (C=O) groups excluding carboxylic acids is 2. The molecule has 0 amide bonds. The van der Waals surface area contributed by atoms with Crippen LogP contribution in [-0.2, 0) is 30.9 Å². The summed E-state index contributed by atoms with van der Waals surface area (Å²) < 4.78 is 34.5. The first-order valence-corrected chi connectivity index (χ1v) is 9.59. The number of hydrogen-bond acceptors (Lipinski definition) is 8. The molecular formula is C18H16O8S-2. The molecule has 0 atom stereocenters. The lowest BCUT2D eigenvalue weighted by molar-refractivity contribution is -0.308. The Hall–Kier alpha value is -3.07. The van der Waals surface area contributed by atoms with Gasteiger partial charge in [-0.2, -0.15) is 0 Å². The molecule has 0 aliphatic carbocycles. The molecule has 0 unspecified atom stereocenters. The third kappa shape index (κ3) is 7.37. The predicted octanol–water partition coefficient (Wildman–Crippen LogP) is -0.941. The average Bonchev–Trinajstić information content (AvgIpc) is 2.60. The van der Waals surface area contributed by atoms with Gasteiger partial charge < -0.3 is 29.3 Å². The van der Waals surface area contributed by atoms with Crippen LogP contribution in [-0.4, -0.2) is 33.6 Å². The van der Waals surface area contributed by atoms with E-state index in [4.69, 9.17) is 9.47 Å². The van der Waals surface area contributed by atoms with Crippen molar-refractivity contribution >= 4 is 21.8 Å². The van der Waals surface area contributed by atoms with Gasteiger partial charge in [-0.1, -0.05) is 24.3 Å². The van der Waals surface area contributed by atoms with Crippen LogP contribution < -0.4 is 19.7 Å². The Kier molecular flexibility index (Phi) is 6.78. The molecule has 27 heavy (non-hydrogen) atoms. The zero-order chi connectivity index (χ0) is 19.9. The highest BCUT2D eigenvalue weighted by molar-refractivity contribution is 7.89. The Labute approximate surface area is 155 Å². The van der Waals surface area contributed by atoms with Crippen LogP contribution in [0.3, 0.4) is 0 Å². The Balaban J connectivity index is 1.94. The average molecular weight is 392 g/mol. The maximum Gasteiger partial charge on any atom is 0.158 e. The van der Waals surface area contributed by atoms with E-state index in [0.717, 1.165) is 0 Å². The lowest BCUT2D eigenvalue weighted by Crippen LogP contribution is -2.28. The summed E-state index contributed by atoms with van der Waals surface area (Å²) >= 11 is 0. The first-order chi connectivity index (χ1) is 12.7. The maximum absolute atomic E-state index is 12.3. The number of aliphatic carboxylic acids is 2. The van der Waals surface area contributed by atoms with Gasteiger partial charge in [-0.25, -0.2) is 8.42 Å². The molecule has 0 bridgehead atoms. The molecule has 0 N–H and O–H groups in total. The summed E-state index contributed by atoms with van der Waals surface area (Å²) in [5.41, 5.74) is 1.06. The topological polar surface area (TPSA) is 133 Å². The summed E-state index contributed by atoms with van der Waals surface area (Å²) in [4.78, 5) is 20.7. The van der Waals surface area contributed by atoms with Gasteiger partial charge in [-0.05, 0) is 35.4 Å². The van der Waals surface area contributed by atoms with Crippen LogP contribution in [0.4, 0.5) is 0 Å². The van der Waals surface area contributed by atoms with E-state index in [9.17, 15) is 28.2 Å². The fourth-order valence-electron chi connectivity index (χ4n) is 2.21. The Bertz CT molecular complexity index is 816. The lowest BCUT2D eigenvalue weighted by atomic mass is 10.2. The Morgan fingerprint density at radius 2 is 1.04 bits per heavy atom. The zero-order valence-electron chi connectivity index (χ0n) is 14.1. The van der Waals surface area contributed by atoms with Crippen LogP contribution >= 0.6 is 0 Å². The SMILES string of the molecule is O=C([O-])COc1ccc(CS(=O)(=O)Cc2ccc(OCC(=O)[O-])cc2)cc1. The van der Waals surface area contributed by atoms with Crippen LogP contribution in [0.1, 0.15) is 11.1 Å². The predicted molar refractivity (Wildman–Crippen MR) is 90.2 cm³/mol. The quantitative estimate of drug-likeness (QED) is 0.506. The third-order valence-corrected chi connectivity index (χ3v) is 4.88. The highest BCUT2D eigenvalue weighted by Crippen LogP contribution is 2.18. The largest absolute Gasteiger partial charge is 0.546 e. The minimum atomic E-state index is -3.45. The van der Waals surface area contributed by atoms with Crippen LogP contribution in [0.5, 0.6) is 11.5 Å². The van der Waals surface area contributed by atoms with E-state index in [-0.39, 0.29) is 11.5 Å². The molecule has 0 saturated heterocycles. The van der Waals surface area contributed by atoms with Gasteiger partial charge >= 0.3 is 0 Å². The van der Waals surface area contributed by atoms with Gasteiger partial charge in [0.1, 0.15) is 24.7 Å². The molecule has 0 spiro atoms. The normalized spacial score (nSPS) is 11.0. The fourth-order valence-corrected chi connectivity index (χ4v) is 3.71. The second-order valence-electron chi connectivity index (χ2n) is 5.64. The fraction of sp³-hybridized carbons (Fsp3) is 0.222. The van der Waals surface area contributed by atoms with Crippen molar-refractivity contribution in [3.05, 3.63) is 59.7 Å². The van der Waals surface area contributed by atoms with Crippen LogP contribution in [0, 0.1) is 0 Å². The number of carbonyl (C=O) groups is 2. The summed E-state index contributed by atoms with van der Waals surface area (Å²) in [6.07, 6.45) is 0. The zero-order valence-corrected chi connectivity index (χ0v) is 14.9. The van der Waals surface area contributed by atoms with Gasteiger partial charge in [0, 0.05) is 0 Å². The van der Waals surface area contributed by atoms with Crippen molar-refractivity contribution in [2.45, 2.75) is 11.5 Å². The number of sulfone groups is 1. The maximum atomic E-state index is 12.3. The monoisotopic (exact) mass is 392 g/mol. The number of benzene rings is 2. The van der Waals surface area contributed by atoms with E-state index in [2.05, 4.69) is 0 Å². The minimum absolute atomic E-state index is 0.198. The molecule has 2 aromatic rings. The van der Waals surface area contributed by atoms with E-state index in [0.29, 0.717) is 22.6 Å². The van der Waals surface area contributed by atoms with Crippen LogP contribution in [0.2, 0.25) is 0 Å². The van der Waals surface area contributed by atoms with Gasteiger partial charge in [0.25, 0.3) is 0 Å². The van der Waals surface area contributed by atoms with E-state index in [1.165, 1.54) is 24.3 Å². The first kappa shape index (κ1) is 20.2. The molecular weight excluding hydrogens is 376 g/mol. The molecule has 9 heteroatoms. The standard InChI is InChI=1S/C18H18O8S/c19-17(20)9-25-15-5-1-13(2-6-15)11-27(23,24)12-14-3-7-16(8-4-14)26-10-18(21)22/h1-8H,9-12H2,(H,19,20)(H,21,22)/p-2. The van der Waals surface area contributed by atoms with Crippen molar-refractivity contribution in [3.63, 3.8) is 0 Å². The number of carboxylic acids is 2. The number of ether oxygens (including phenoxy) is 2. The van der Waals surface area contributed by atoms with Crippen molar-refractivity contribution in [2.75, 3.05) is 13.2 Å². The van der Waals surface area contributed by atoms with Gasteiger partial charge in [-0.3, -0.25) is 0 Å². The molecule has 2 rings (SSSR count). The first-order valence-electron chi connectivity index (χ1n) is 7.77. The van der Waals surface area contributed by atoms with E-state index < -0.39 is 35.0 Å². The summed E-state index contributed by atoms with van der Waals surface area (Å²) in [6.45, 7) is -1.17. The van der Waals surface area contributed by atoms with E-state index in [1.807, 2.05) is 0 Å². The molecule has 144 valence electrons. The second-order valence-corrected chi connectivity index (χ2v) is 7.71. The Morgan fingerprint density at radius 3 is 1.33 bits per heavy atom. The summed E-state index contributed by atoms with van der Waals surface area (Å²) in [6, 6.07) is 12.1. The van der Waals surface area contributed by atoms with Crippen molar-refractivity contribution in [3.8, 4) is 11.5 Å². The number of rotatable bonds is 10. The highest BCUT2D eigenvalue weighted by Gasteiger charge is 2.13. The highest BCUT2D eigenvalue weighted by atomic mass is 32.2. The molecule has 0 saturated carbocycles. The van der Waals surface area contributed by atoms with E-state index >= 15 is 0 Å². The molecule has 0 radical (unpaired) electrons. The molecule has 0 fully saturated rings. The molecule has 0 heterocycles. The number of hydrogen-bond donors (Lipinski definition) is 0. The van der Waals surface area contributed by atoms with Gasteiger partial charge in [0.2, 0.25) is 0 Å². The second kappa shape index (κ2) is 9.04. The summed E-state index contributed by atoms with van der Waals surface area (Å²) in [5.74, 6) is -2.50.